The van der Waals surface area contributed by atoms with Crippen molar-refractivity contribution in [2.45, 2.75) is 12.3 Å². The first-order valence-electron chi connectivity index (χ1n) is 6.48. The first-order valence-corrected chi connectivity index (χ1v) is 6.48. The number of benzene rings is 2. The van der Waals surface area contributed by atoms with E-state index in [1.54, 1.807) is 6.07 Å². The monoisotopic (exact) mass is 257 g/mol. The molecular formula is C16H16FNO. The Morgan fingerprint density at radius 2 is 2.05 bits per heavy atom. The van der Waals surface area contributed by atoms with Crippen molar-refractivity contribution in [2.75, 3.05) is 13.6 Å². The Hall–Kier alpha value is -1.87. The van der Waals surface area contributed by atoms with Crippen LogP contribution in [0.3, 0.4) is 0 Å². The van der Waals surface area contributed by atoms with Crippen molar-refractivity contribution in [1.82, 2.24) is 5.32 Å². The summed E-state index contributed by atoms with van der Waals surface area (Å²) < 4.78 is 19.8. The van der Waals surface area contributed by atoms with Gasteiger partial charge < -0.3 is 10.1 Å². The molecule has 2 aromatic carbocycles. The molecule has 0 radical (unpaired) electrons. The third-order valence-electron chi connectivity index (χ3n) is 3.54. The van der Waals surface area contributed by atoms with Crippen LogP contribution in [0.4, 0.5) is 4.39 Å². The highest BCUT2D eigenvalue weighted by atomic mass is 19.1. The Bertz CT molecular complexity index is 597. The summed E-state index contributed by atoms with van der Waals surface area (Å²) in [5, 5.41) is 3.18. The van der Waals surface area contributed by atoms with E-state index in [1.165, 1.54) is 6.07 Å². The predicted molar refractivity (Wildman–Crippen MR) is 73.3 cm³/mol. The molecule has 0 unspecified atom stereocenters. The summed E-state index contributed by atoms with van der Waals surface area (Å²) in [4.78, 5) is 0. The van der Waals surface area contributed by atoms with Crippen LogP contribution in [0.15, 0.2) is 42.5 Å². The van der Waals surface area contributed by atoms with Crippen molar-refractivity contribution in [3.8, 4) is 11.5 Å². The van der Waals surface area contributed by atoms with E-state index in [1.807, 2.05) is 37.4 Å². The van der Waals surface area contributed by atoms with Gasteiger partial charge in [0.2, 0.25) is 0 Å². The van der Waals surface area contributed by atoms with Gasteiger partial charge in [-0.3, -0.25) is 0 Å². The molecular weight excluding hydrogens is 241 g/mol. The number of hydrogen-bond acceptors (Lipinski definition) is 2. The van der Waals surface area contributed by atoms with Gasteiger partial charge in [-0.1, -0.05) is 30.3 Å². The molecule has 0 aromatic heterocycles. The Labute approximate surface area is 112 Å². The van der Waals surface area contributed by atoms with E-state index in [0.29, 0.717) is 5.75 Å². The van der Waals surface area contributed by atoms with Gasteiger partial charge in [-0.15, -0.1) is 0 Å². The van der Waals surface area contributed by atoms with E-state index in [9.17, 15) is 4.39 Å². The molecule has 1 atom stereocenters. The van der Waals surface area contributed by atoms with Gasteiger partial charge in [0.05, 0.1) is 0 Å². The Balaban J connectivity index is 2.13. The van der Waals surface area contributed by atoms with E-state index in [0.717, 1.165) is 29.8 Å². The number of nitrogens with one attached hydrogen (secondary N) is 1. The van der Waals surface area contributed by atoms with Gasteiger partial charge in [-0.2, -0.15) is 0 Å². The fourth-order valence-corrected chi connectivity index (χ4v) is 2.64. The largest absolute Gasteiger partial charge is 0.454 e. The van der Waals surface area contributed by atoms with E-state index >= 15 is 0 Å². The summed E-state index contributed by atoms with van der Waals surface area (Å²) in [6.45, 7) is 0.800. The molecule has 0 saturated heterocycles. The second-order valence-electron chi connectivity index (χ2n) is 4.83. The average Bonchev–Trinajstić information content (AvgIpc) is 2.57. The summed E-state index contributed by atoms with van der Waals surface area (Å²) >= 11 is 0. The van der Waals surface area contributed by atoms with Crippen LogP contribution in [0.5, 0.6) is 11.5 Å². The number of halogens is 1. The van der Waals surface area contributed by atoms with Crippen molar-refractivity contribution in [3.05, 3.63) is 59.4 Å². The number of para-hydroxylation sites is 2. The van der Waals surface area contributed by atoms with Crippen LogP contribution in [-0.2, 0) is 6.42 Å². The predicted octanol–water partition coefficient (Wildman–Crippen LogP) is 3.48. The molecule has 3 heteroatoms. The molecule has 3 rings (SSSR count). The second kappa shape index (κ2) is 5.02. The van der Waals surface area contributed by atoms with Crippen molar-refractivity contribution in [3.63, 3.8) is 0 Å². The summed E-state index contributed by atoms with van der Waals surface area (Å²) in [6.07, 6.45) is 0.855. The zero-order valence-electron chi connectivity index (χ0n) is 10.8. The van der Waals surface area contributed by atoms with Crippen LogP contribution < -0.4 is 10.1 Å². The maximum absolute atomic E-state index is 14.0. The molecule has 2 nitrogen and oxygen atoms in total. The van der Waals surface area contributed by atoms with Gasteiger partial charge in [0, 0.05) is 18.0 Å². The van der Waals surface area contributed by atoms with Crippen LogP contribution in [0.1, 0.15) is 17.0 Å². The van der Waals surface area contributed by atoms with Crippen molar-refractivity contribution in [1.29, 1.82) is 0 Å². The minimum Gasteiger partial charge on any atom is -0.454 e. The first-order chi connectivity index (χ1) is 9.29. The van der Waals surface area contributed by atoms with Gasteiger partial charge in [0.15, 0.2) is 11.6 Å². The molecule has 0 spiro atoms. The molecule has 98 valence electrons. The molecule has 1 aliphatic heterocycles. The molecule has 0 bridgehead atoms. The lowest BCUT2D eigenvalue weighted by Gasteiger charge is -2.16. The molecule has 0 fully saturated rings. The molecule has 1 N–H and O–H groups in total. The van der Waals surface area contributed by atoms with Crippen LogP contribution in [-0.4, -0.2) is 13.6 Å². The number of rotatable bonds is 2. The molecule has 0 saturated carbocycles. The lowest BCUT2D eigenvalue weighted by Crippen LogP contribution is -2.18. The first kappa shape index (κ1) is 12.2. The third kappa shape index (κ3) is 2.22. The van der Waals surface area contributed by atoms with Gasteiger partial charge in [0.25, 0.3) is 0 Å². The normalized spacial score (nSPS) is 17.1. The number of hydrogen-bond donors (Lipinski definition) is 1. The molecule has 1 heterocycles. The number of likely N-dealkylation sites (N-methyl/N-ethyl adjacent to an activating group) is 1. The zero-order chi connectivity index (χ0) is 13.2. The van der Waals surface area contributed by atoms with E-state index in [2.05, 4.69) is 5.32 Å². The minimum absolute atomic E-state index is 0.222. The Kier molecular flexibility index (Phi) is 3.22. The smallest absolute Gasteiger partial charge is 0.166 e. The fourth-order valence-electron chi connectivity index (χ4n) is 2.64. The highest BCUT2D eigenvalue weighted by Gasteiger charge is 2.24. The fraction of sp³-hybridized carbons (Fsp3) is 0.250. The van der Waals surface area contributed by atoms with Crippen LogP contribution in [0, 0.1) is 5.82 Å². The molecule has 0 aliphatic carbocycles. The molecule has 0 amide bonds. The van der Waals surface area contributed by atoms with Crippen LogP contribution in [0.25, 0.3) is 0 Å². The van der Waals surface area contributed by atoms with Gasteiger partial charge >= 0.3 is 0 Å². The van der Waals surface area contributed by atoms with Crippen molar-refractivity contribution >= 4 is 0 Å². The maximum Gasteiger partial charge on any atom is 0.166 e. The molecule has 1 aliphatic rings. The van der Waals surface area contributed by atoms with Gasteiger partial charge in [-0.25, -0.2) is 4.39 Å². The highest BCUT2D eigenvalue weighted by Crippen LogP contribution is 2.40. The van der Waals surface area contributed by atoms with E-state index in [4.69, 9.17) is 4.74 Å². The molecule has 19 heavy (non-hydrogen) atoms. The minimum atomic E-state index is -0.296. The molecule has 2 aromatic rings. The summed E-state index contributed by atoms with van der Waals surface area (Å²) in [7, 11) is 1.91. The maximum atomic E-state index is 14.0. The third-order valence-corrected chi connectivity index (χ3v) is 3.54. The van der Waals surface area contributed by atoms with E-state index in [-0.39, 0.29) is 11.7 Å². The van der Waals surface area contributed by atoms with Crippen LogP contribution in [0.2, 0.25) is 0 Å². The standard InChI is InChI=1S/C16H16FNO/c1-18-10-12-9-11-5-2-3-8-15(11)19-16-13(12)6-4-7-14(16)17/h2-8,12,18H,9-10H2,1H3/t12-/m1/s1. The highest BCUT2D eigenvalue weighted by molar-refractivity contribution is 5.47. The average molecular weight is 257 g/mol. The quantitative estimate of drug-likeness (QED) is 0.889. The van der Waals surface area contributed by atoms with Crippen molar-refractivity contribution in [2.24, 2.45) is 0 Å². The topological polar surface area (TPSA) is 21.3 Å². The summed E-state index contributed by atoms with van der Waals surface area (Å²) in [5.41, 5.74) is 2.06. The second-order valence-corrected chi connectivity index (χ2v) is 4.83. The SMILES string of the molecule is CNC[C@H]1Cc2ccccc2Oc2c(F)cccc21. The zero-order valence-corrected chi connectivity index (χ0v) is 10.8. The summed E-state index contributed by atoms with van der Waals surface area (Å²) in [6, 6.07) is 13.0. The summed E-state index contributed by atoms with van der Waals surface area (Å²) in [5.74, 6) is 1.05. The number of fused-ring (bicyclic) bond motifs is 2. The number of ether oxygens (including phenoxy) is 1. The lowest BCUT2D eigenvalue weighted by molar-refractivity contribution is 0.437. The van der Waals surface area contributed by atoms with Gasteiger partial charge in [-0.05, 0) is 31.2 Å². The van der Waals surface area contributed by atoms with E-state index < -0.39 is 0 Å². The lowest BCUT2D eigenvalue weighted by atomic mass is 9.92. The Morgan fingerprint density at radius 1 is 1.21 bits per heavy atom. The van der Waals surface area contributed by atoms with Gasteiger partial charge in [0.1, 0.15) is 5.75 Å². The Morgan fingerprint density at radius 3 is 2.89 bits per heavy atom. The van der Waals surface area contributed by atoms with Crippen molar-refractivity contribution < 1.29 is 9.13 Å². The van der Waals surface area contributed by atoms with Crippen LogP contribution >= 0.6 is 0 Å².